The molecule has 0 aliphatic carbocycles. The molecule has 0 saturated carbocycles. The highest BCUT2D eigenvalue weighted by molar-refractivity contribution is 5.97. The summed E-state index contributed by atoms with van der Waals surface area (Å²) < 4.78 is 0. The summed E-state index contributed by atoms with van der Waals surface area (Å²) in [6.07, 6.45) is 1.15. The molecular weight excluding hydrogens is 240 g/mol. The van der Waals surface area contributed by atoms with Crippen molar-refractivity contribution in [2.75, 3.05) is 0 Å². The maximum absolute atomic E-state index is 11.7. The summed E-state index contributed by atoms with van der Waals surface area (Å²) in [5.41, 5.74) is 5.73. The number of nitrogens with zero attached hydrogens (tertiary/aromatic N) is 1. The van der Waals surface area contributed by atoms with E-state index in [2.05, 4.69) is 15.5 Å². The Morgan fingerprint density at radius 1 is 1.56 bits per heavy atom. The lowest BCUT2D eigenvalue weighted by Crippen LogP contribution is -2.41. The predicted octanol–water partition coefficient (Wildman–Crippen LogP) is -0.833. The lowest BCUT2D eigenvalue weighted by atomic mass is 10.1. The van der Waals surface area contributed by atoms with Crippen LogP contribution < -0.4 is 11.1 Å². The van der Waals surface area contributed by atoms with E-state index in [1.54, 1.807) is 6.92 Å². The third kappa shape index (κ3) is 3.58. The van der Waals surface area contributed by atoms with Crippen LogP contribution in [0.25, 0.3) is 0 Å². The van der Waals surface area contributed by atoms with Gasteiger partial charge in [-0.1, -0.05) is 0 Å². The van der Waals surface area contributed by atoms with Gasteiger partial charge in [-0.25, -0.2) is 4.79 Å². The van der Waals surface area contributed by atoms with Crippen molar-refractivity contribution >= 4 is 17.8 Å². The van der Waals surface area contributed by atoms with Gasteiger partial charge in [-0.2, -0.15) is 5.10 Å². The van der Waals surface area contributed by atoms with Crippen LogP contribution >= 0.6 is 0 Å². The Morgan fingerprint density at radius 3 is 2.67 bits per heavy atom. The van der Waals surface area contributed by atoms with Gasteiger partial charge in [0.25, 0.3) is 5.91 Å². The van der Waals surface area contributed by atoms with E-state index in [1.165, 1.54) is 6.20 Å². The molecule has 0 aromatic carbocycles. The minimum absolute atomic E-state index is 0.0483. The minimum Gasteiger partial charge on any atom is -0.480 e. The van der Waals surface area contributed by atoms with E-state index in [0.717, 1.165) is 0 Å². The Bertz CT molecular complexity index is 468. The Hall–Kier alpha value is -2.38. The van der Waals surface area contributed by atoms with Crippen molar-refractivity contribution in [3.63, 3.8) is 0 Å². The van der Waals surface area contributed by atoms with E-state index >= 15 is 0 Å². The fraction of sp³-hybridized carbons (Fsp3) is 0.400. The summed E-state index contributed by atoms with van der Waals surface area (Å²) in [6.45, 7) is 1.64. The summed E-state index contributed by atoms with van der Waals surface area (Å²) in [7, 11) is 0. The van der Waals surface area contributed by atoms with Crippen LogP contribution in [0.1, 0.15) is 28.9 Å². The Morgan fingerprint density at radius 2 is 2.22 bits per heavy atom. The van der Waals surface area contributed by atoms with Crippen LogP contribution in [0.2, 0.25) is 0 Å². The molecule has 2 amide bonds. The second kappa shape index (κ2) is 5.80. The summed E-state index contributed by atoms with van der Waals surface area (Å²) >= 11 is 0. The molecule has 0 unspecified atom stereocenters. The quantitative estimate of drug-likeness (QED) is 0.524. The zero-order valence-corrected chi connectivity index (χ0v) is 9.77. The van der Waals surface area contributed by atoms with E-state index in [0.29, 0.717) is 5.69 Å². The molecule has 1 aromatic rings. The number of hydrogen-bond donors (Lipinski definition) is 4. The number of aromatic nitrogens is 2. The second-order valence-electron chi connectivity index (χ2n) is 3.78. The molecule has 0 aliphatic rings. The van der Waals surface area contributed by atoms with E-state index in [9.17, 15) is 14.4 Å². The summed E-state index contributed by atoms with van der Waals surface area (Å²) in [5, 5.41) is 17.5. The van der Waals surface area contributed by atoms with Crippen molar-refractivity contribution in [2.24, 2.45) is 5.73 Å². The second-order valence-corrected chi connectivity index (χ2v) is 3.78. The first-order valence-corrected chi connectivity index (χ1v) is 5.23. The van der Waals surface area contributed by atoms with Crippen LogP contribution in [-0.4, -0.2) is 39.1 Å². The zero-order chi connectivity index (χ0) is 13.7. The number of primary amides is 1. The van der Waals surface area contributed by atoms with Crippen LogP contribution in [0, 0.1) is 6.92 Å². The highest BCUT2D eigenvalue weighted by Crippen LogP contribution is 2.04. The van der Waals surface area contributed by atoms with Gasteiger partial charge >= 0.3 is 5.97 Å². The van der Waals surface area contributed by atoms with Crippen molar-refractivity contribution < 1.29 is 19.5 Å². The number of carbonyl (C=O) groups is 3. The first-order valence-electron chi connectivity index (χ1n) is 5.23. The molecule has 0 bridgehead atoms. The Balaban J connectivity index is 2.67. The van der Waals surface area contributed by atoms with E-state index in [-0.39, 0.29) is 18.4 Å². The van der Waals surface area contributed by atoms with Crippen molar-refractivity contribution in [1.82, 2.24) is 15.5 Å². The van der Waals surface area contributed by atoms with Crippen LogP contribution in [0.5, 0.6) is 0 Å². The van der Waals surface area contributed by atoms with Gasteiger partial charge < -0.3 is 16.2 Å². The number of carboxylic acids is 1. The number of aryl methyl sites for hydroxylation is 1. The van der Waals surface area contributed by atoms with Crippen molar-refractivity contribution in [2.45, 2.75) is 25.8 Å². The van der Waals surface area contributed by atoms with Crippen LogP contribution in [0.15, 0.2) is 6.20 Å². The predicted molar refractivity (Wildman–Crippen MR) is 60.6 cm³/mol. The normalized spacial score (nSPS) is 11.8. The van der Waals surface area contributed by atoms with Crippen molar-refractivity contribution in [3.05, 3.63) is 17.5 Å². The number of amides is 2. The Kier molecular flexibility index (Phi) is 4.41. The molecule has 5 N–H and O–H groups in total. The van der Waals surface area contributed by atoms with Gasteiger partial charge in [0.15, 0.2) is 0 Å². The van der Waals surface area contributed by atoms with E-state index in [1.807, 2.05) is 0 Å². The number of carboxylic acid groups (broad SMARTS) is 1. The van der Waals surface area contributed by atoms with Crippen LogP contribution in [0.4, 0.5) is 0 Å². The molecule has 1 rings (SSSR count). The van der Waals surface area contributed by atoms with Gasteiger partial charge in [0.05, 0.1) is 11.8 Å². The molecule has 8 nitrogen and oxygen atoms in total. The summed E-state index contributed by atoms with van der Waals surface area (Å²) in [6, 6.07) is -1.15. The Labute approximate surface area is 103 Å². The molecule has 1 heterocycles. The van der Waals surface area contributed by atoms with Crippen LogP contribution in [0.3, 0.4) is 0 Å². The number of nitrogens with two attached hydrogens (primary N) is 1. The van der Waals surface area contributed by atoms with Crippen molar-refractivity contribution in [1.29, 1.82) is 0 Å². The standard InChI is InChI=1S/C10H14N4O4/c1-5-6(4-12-14-5)9(16)13-7(10(17)18)2-3-8(11)15/h4,7H,2-3H2,1H3,(H2,11,15)(H,12,14)(H,13,16)(H,17,18)/t7-/m1/s1. The molecule has 98 valence electrons. The molecule has 0 spiro atoms. The van der Waals surface area contributed by atoms with Gasteiger partial charge in [0.2, 0.25) is 5.91 Å². The molecule has 0 radical (unpaired) electrons. The third-order valence-electron chi connectivity index (χ3n) is 2.36. The average molecular weight is 254 g/mol. The SMILES string of the molecule is Cc1[nH]ncc1C(=O)N[C@H](CCC(N)=O)C(=O)O. The summed E-state index contributed by atoms with van der Waals surface area (Å²) in [5.74, 6) is -2.39. The molecular formula is C10H14N4O4. The van der Waals surface area contributed by atoms with Gasteiger partial charge in [0.1, 0.15) is 6.04 Å². The van der Waals surface area contributed by atoms with Crippen molar-refractivity contribution in [3.8, 4) is 0 Å². The molecule has 0 saturated heterocycles. The summed E-state index contributed by atoms with van der Waals surface area (Å²) in [4.78, 5) is 33.2. The smallest absolute Gasteiger partial charge is 0.326 e. The molecule has 0 aliphatic heterocycles. The van der Waals surface area contributed by atoms with Gasteiger partial charge in [0, 0.05) is 12.1 Å². The maximum Gasteiger partial charge on any atom is 0.326 e. The van der Waals surface area contributed by atoms with Crippen LogP contribution in [-0.2, 0) is 9.59 Å². The molecule has 1 atom stereocenters. The molecule has 0 fully saturated rings. The monoisotopic (exact) mass is 254 g/mol. The average Bonchev–Trinajstić information content (AvgIpc) is 2.69. The first kappa shape index (κ1) is 13.7. The number of aromatic amines is 1. The molecule has 1 aromatic heterocycles. The number of nitrogens with one attached hydrogen (secondary N) is 2. The lowest BCUT2D eigenvalue weighted by molar-refractivity contribution is -0.139. The number of carbonyl (C=O) groups excluding carboxylic acids is 2. The number of hydrogen-bond acceptors (Lipinski definition) is 4. The zero-order valence-electron chi connectivity index (χ0n) is 9.77. The van der Waals surface area contributed by atoms with Gasteiger partial charge in [-0.05, 0) is 13.3 Å². The largest absolute Gasteiger partial charge is 0.480 e. The third-order valence-corrected chi connectivity index (χ3v) is 2.36. The maximum atomic E-state index is 11.7. The number of aliphatic carboxylic acids is 1. The highest BCUT2D eigenvalue weighted by Gasteiger charge is 2.22. The van der Waals surface area contributed by atoms with Gasteiger partial charge in [-0.15, -0.1) is 0 Å². The highest BCUT2D eigenvalue weighted by atomic mass is 16.4. The fourth-order valence-electron chi connectivity index (χ4n) is 1.36. The van der Waals surface area contributed by atoms with Gasteiger partial charge in [-0.3, -0.25) is 14.7 Å². The fourth-order valence-corrected chi connectivity index (χ4v) is 1.36. The lowest BCUT2D eigenvalue weighted by Gasteiger charge is -2.13. The minimum atomic E-state index is -1.22. The number of rotatable bonds is 6. The first-order chi connectivity index (χ1) is 8.41. The van der Waals surface area contributed by atoms with E-state index < -0.39 is 23.8 Å². The molecule has 8 heteroatoms. The number of H-pyrrole nitrogens is 1. The molecule has 18 heavy (non-hydrogen) atoms. The van der Waals surface area contributed by atoms with E-state index in [4.69, 9.17) is 10.8 Å². The topological polar surface area (TPSA) is 138 Å².